The van der Waals surface area contributed by atoms with Gasteiger partial charge in [-0.25, -0.2) is 9.97 Å². The number of aromatic nitrogens is 2. The highest BCUT2D eigenvalue weighted by atomic mass is 32.2. The summed E-state index contributed by atoms with van der Waals surface area (Å²) in [6, 6.07) is 2.44. The summed E-state index contributed by atoms with van der Waals surface area (Å²) in [5.41, 5.74) is 2.15. The maximum absolute atomic E-state index is 6.04. The number of hydrogen-bond donors (Lipinski definition) is 1. The number of nitrogens with one attached hydrogen (secondary N) is 1. The van der Waals surface area contributed by atoms with Crippen LogP contribution in [-0.2, 0) is 4.74 Å². The molecule has 5 heteroatoms. The fraction of sp³-hybridized carbons (Fsp3) is 0.714. The monoisotopic (exact) mass is 279 g/mol. The van der Waals surface area contributed by atoms with Gasteiger partial charge in [0.05, 0.1) is 5.60 Å². The van der Waals surface area contributed by atoms with Gasteiger partial charge >= 0.3 is 0 Å². The van der Waals surface area contributed by atoms with Crippen molar-refractivity contribution in [3.63, 3.8) is 0 Å². The molecule has 0 saturated carbocycles. The standard InChI is InChI=1S/C14H21N3OS/c1-10-7-11(2)16-13(15-10)17-12-3-5-18-14(8-12)4-6-19-9-14/h7,12H,3-6,8-9H2,1-2H3,(H,15,16,17). The number of rotatable bonds is 2. The van der Waals surface area contributed by atoms with E-state index in [1.807, 2.05) is 31.7 Å². The quantitative estimate of drug-likeness (QED) is 0.901. The third-order valence-corrected chi connectivity index (χ3v) is 5.10. The minimum absolute atomic E-state index is 0.111. The van der Waals surface area contributed by atoms with E-state index in [0.29, 0.717) is 6.04 Å². The van der Waals surface area contributed by atoms with Gasteiger partial charge in [0.2, 0.25) is 5.95 Å². The lowest BCUT2D eigenvalue weighted by Gasteiger charge is -2.38. The van der Waals surface area contributed by atoms with Crippen LogP contribution in [0.1, 0.15) is 30.7 Å². The molecule has 0 aromatic carbocycles. The number of ether oxygens (including phenoxy) is 1. The lowest BCUT2D eigenvalue weighted by atomic mass is 9.90. The van der Waals surface area contributed by atoms with Crippen LogP contribution in [0.25, 0.3) is 0 Å². The molecular weight excluding hydrogens is 258 g/mol. The molecule has 0 radical (unpaired) electrons. The minimum Gasteiger partial charge on any atom is -0.374 e. The first-order valence-electron chi connectivity index (χ1n) is 6.96. The molecule has 2 aliphatic heterocycles. The van der Waals surface area contributed by atoms with E-state index < -0.39 is 0 Å². The topological polar surface area (TPSA) is 47.0 Å². The van der Waals surface area contributed by atoms with Gasteiger partial charge in [-0.2, -0.15) is 11.8 Å². The molecule has 2 aliphatic rings. The summed E-state index contributed by atoms with van der Waals surface area (Å²) in [6.45, 7) is 4.88. The van der Waals surface area contributed by atoms with Gasteiger partial charge in [-0.05, 0) is 44.9 Å². The lowest BCUT2D eigenvalue weighted by molar-refractivity contribution is -0.0628. The Hall–Kier alpha value is -0.810. The van der Waals surface area contributed by atoms with E-state index >= 15 is 0 Å². The molecule has 2 unspecified atom stereocenters. The van der Waals surface area contributed by atoms with Gasteiger partial charge in [-0.3, -0.25) is 0 Å². The molecule has 4 nitrogen and oxygen atoms in total. The van der Waals surface area contributed by atoms with Crippen molar-refractivity contribution in [1.29, 1.82) is 0 Å². The Morgan fingerprint density at radius 3 is 2.84 bits per heavy atom. The molecule has 2 atom stereocenters. The van der Waals surface area contributed by atoms with Gasteiger partial charge in [0.15, 0.2) is 0 Å². The van der Waals surface area contributed by atoms with Crippen LogP contribution < -0.4 is 5.32 Å². The molecule has 3 rings (SSSR count). The zero-order chi connectivity index (χ0) is 13.3. The molecule has 0 bridgehead atoms. The zero-order valence-corrected chi connectivity index (χ0v) is 12.4. The van der Waals surface area contributed by atoms with Gasteiger partial charge in [-0.15, -0.1) is 0 Å². The minimum atomic E-state index is 0.111. The summed E-state index contributed by atoms with van der Waals surface area (Å²) in [4.78, 5) is 8.95. The maximum atomic E-state index is 6.04. The molecule has 104 valence electrons. The number of thioether (sulfide) groups is 1. The second-order valence-corrected chi connectivity index (χ2v) is 6.75. The third kappa shape index (κ3) is 3.03. The maximum Gasteiger partial charge on any atom is 0.223 e. The Kier molecular flexibility index (Phi) is 3.67. The van der Waals surface area contributed by atoms with E-state index in [1.165, 1.54) is 12.2 Å². The SMILES string of the molecule is Cc1cc(C)nc(NC2CCOC3(CCSC3)C2)n1. The predicted octanol–water partition coefficient (Wildman–Crippen LogP) is 2.56. The summed E-state index contributed by atoms with van der Waals surface area (Å²) in [7, 11) is 0. The molecule has 2 fully saturated rings. The average molecular weight is 279 g/mol. The second kappa shape index (κ2) is 5.29. The van der Waals surface area contributed by atoms with Crippen molar-refractivity contribution in [3.05, 3.63) is 17.5 Å². The van der Waals surface area contributed by atoms with Crippen LogP contribution >= 0.6 is 11.8 Å². The molecule has 3 heterocycles. The van der Waals surface area contributed by atoms with Crippen molar-refractivity contribution in [2.45, 2.75) is 44.8 Å². The molecular formula is C14H21N3OS. The van der Waals surface area contributed by atoms with Gasteiger partial charge in [0.25, 0.3) is 0 Å². The summed E-state index contributed by atoms with van der Waals surface area (Å²) in [6.07, 6.45) is 3.31. The van der Waals surface area contributed by atoms with Crippen LogP contribution in [0, 0.1) is 13.8 Å². The lowest BCUT2D eigenvalue weighted by Crippen LogP contribution is -2.44. The normalized spacial score (nSPS) is 30.7. The highest BCUT2D eigenvalue weighted by Crippen LogP contribution is 2.38. The number of aryl methyl sites for hydroxylation is 2. The molecule has 1 spiro atoms. The smallest absolute Gasteiger partial charge is 0.223 e. The molecule has 0 amide bonds. The molecule has 19 heavy (non-hydrogen) atoms. The van der Waals surface area contributed by atoms with Crippen LogP contribution in [0.2, 0.25) is 0 Å². The summed E-state index contributed by atoms with van der Waals surface area (Å²) < 4.78 is 6.04. The molecule has 1 N–H and O–H groups in total. The van der Waals surface area contributed by atoms with Crippen molar-refractivity contribution in [3.8, 4) is 0 Å². The van der Waals surface area contributed by atoms with Crippen molar-refractivity contribution in [2.75, 3.05) is 23.4 Å². The first kappa shape index (κ1) is 13.2. The predicted molar refractivity (Wildman–Crippen MR) is 78.8 cm³/mol. The Balaban J connectivity index is 1.69. The molecule has 2 saturated heterocycles. The van der Waals surface area contributed by atoms with Crippen molar-refractivity contribution in [2.24, 2.45) is 0 Å². The van der Waals surface area contributed by atoms with E-state index in [9.17, 15) is 0 Å². The van der Waals surface area contributed by atoms with Crippen LogP contribution in [0.4, 0.5) is 5.95 Å². The van der Waals surface area contributed by atoms with Crippen molar-refractivity contribution in [1.82, 2.24) is 9.97 Å². The number of nitrogens with zero attached hydrogens (tertiary/aromatic N) is 2. The Labute approximate surface area is 118 Å². The Bertz CT molecular complexity index is 440. The third-order valence-electron chi connectivity index (χ3n) is 3.88. The van der Waals surface area contributed by atoms with Crippen molar-refractivity contribution < 1.29 is 4.74 Å². The fourth-order valence-corrected chi connectivity index (χ4v) is 4.37. The highest BCUT2D eigenvalue weighted by Gasteiger charge is 2.40. The van der Waals surface area contributed by atoms with Crippen LogP contribution in [0.3, 0.4) is 0 Å². The number of hydrogen-bond acceptors (Lipinski definition) is 5. The van der Waals surface area contributed by atoms with Crippen LogP contribution in [0.15, 0.2) is 6.07 Å². The van der Waals surface area contributed by atoms with Crippen LogP contribution in [-0.4, -0.2) is 39.7 Å². The van der Waals surface area contributed by atoms with Crippen LogP contribution in [0.5, 0.6) is 0 Å². The Morgan fingerprint density at radius 2 is 2.16 bits per heavy atom. The fourth-order valence-electron chi connectivity index (χ4n) is 2.99. The zero-order valence-electron chi connectivity index (χ0n) is 11.6. The van der Waals surface area contributed by atoms with E-state index in [2.05, 4.69) is 15.3 Å². The summed E-state index contributed by atoms with van der Waals surface area (Å²) >= 11 is 2.01. The van der Waals surface area contributed by atoms with E-state index in [-0.39, 0.29) is 5.60 Å². The summed E-state index contributed by atoms with van der Waals surface area (Å²) in [5.74, 6) is 3.14. The van der Waals surface area contributed by atoms with Crippen molar-refractivity contribution >= 4 is 17.7 Å². The first-order chi connectivity index (χ1) is 9.15. The first-order valence-corrected chi connectivity index (χ1v) is 8.11. The highest BCUT2D eigenvalue weighted by molar-refractivity contribution is 7.99. The summed E-state index contributed by atoms with van der Waals surface area (Å²) in [5, 5.41) is 3.50. The Morgan fingerprint density at radius 1 is 1.37 bits per heavy atom. The second-order valence-electron chi connectivity index (χ2n) is 5.64. The van der Waals surface area contributed by atoms with E-state index in [1.54, 1.807) is 0 Å². The van der Waals surface area contributed by atoms with Gasteiger partial charge in [0.1, 0.15) is 0 Å². The van der Waals surface area contributed by atoms with Gasteiger partial charge in [0, 0.05) is 29.8 Å². The van der Waals surface area contributed by atoms with E-state index in [4.69, 9.17) is 4.74 Å². The van der Waals surface area contributed by atoms with E-state index in [0.717, 1.165) is 42.5 Å². The van der Waals surface area contributed by atoms with Gasteiger partial charge < -0.3 is 10.1 Å². The molecule has 1 aromatic heterocycles. The average Bonchev–Trinajstić information content (AvgIpc) is 2.76. The molecule has 0 aliphatic carbocycles. The largest absolute Gasteiger partial charge is 0.374 e. The number of anilines is 1. The molecule has 1 aromatic rings. The van der Waals surface area contributed by atoms with Gasteiger partial charge in [-0.1, -0.05) is 0 Å².